The Morgan fingerprint density at radius 3 is 2.58 bits per heavy atom. The predicted molar refractivity (Wildman–Crippen MR) is 144 cm³/mol. The third kappa shape index (κ3) is 6.10. The standard InChI is InChI=1S/C26H27N5O6S/c1-30(2)16-6-14-27-22-12-11-18(17-23(22)31(33)34)38(35,36)29-26(32)20-7-3-4-9-25(20)37-24-10-5-8-21-19(24)13-15-28-21/h3-5,7-13,15,17,27-28H,6,14,16H2,1-2H3,(H,29,32). The third-order valence-corrected chi connectivity index (χ3v) is 7.04. The minimum absolute atomic E-state index is 0.0164. The molecule has 0 aliphatic rings. The lowest BCUT2D eigenvalue weighted by atomic mass is 10.2. The molecule has 0 saturated carbocycles. The molecule has 0 fully saturated rings. The Hall–Kier alpha value is -4.42. The zero-order valence-corrected chi connectivity index (χ0v) is 21.6. The molecule has 1 heterocycles. The van der Waals surface area contributed by atoms with Crippen molar-refractivity contribution in [3.63, 3.8) is 0 Å². The zero-order valence-electron chi connectivity index (χ0n) is 20.8. The van der Waals surface area contributed by atoms with Crippen LogP contribution in [0.3, 0.4) is 0 Å². The molecule has 0 atom stereocenters. The largest absolute Gasteiger partial charge is 0.456 e. The number of carbonyl (C=O) groups is 1. The quantitative estimate of drug-likeness (QED) is 0.145. The van der Waals surface area contributed by atoms with E-state index in [1.807, 2.05) is 35.9 Å². The number of hydrogen-bond acceptors (Lipinski definition) is 8. The van der Waals surface area contributed by atoms with Crippen LogP contribution in [0, 0.1) is 10.1 Å². The maximum absolute atomic E-state index is 13.0. The Kier molecular flexibility index (Phi) is 7.93. The number of ether oxygens (including phenoxy) is 1. The molecule has 0 spiro atoms. The van der Waals surface area contributed by atoms with E-state index >= 15 is 0 Å². The Balaban J connectivity index is 1.54. The first-order valence-corrected chi connectivity index (χ1v) is 13.2. The van der Waals surface area contributed by atoms with Crippen LogP contribution < -0.4 is 14.8 Å². The fourth-order valence-electron chi connectivity index (χ4n) is 3.84. The summed E-state index contributed by atoms with van der Waals surface area (Å²) in [4.78, 5) is 28.7. The van der Waals surface area contributed by atoms with E-state index in [0.717, 1.165) is 29.9 Å². The van der Waals surface area contributed by atoms with Crippen molar-refractivity contribution < 1.29 is 22.9 Å². The smallest absolute Gasteiger partial charge is 0.293 e. The number of nitrogens with zero attached hydrogens (tertiary/aromatic N) is 2. The molecular formula is C26H27N5O6S. The number of sulfonamides is 1. The molecule has 1 amide bonds. The molecular weight excluding hydrogens is 510 g/mol. The topological polar surface area (TPSA) is 147 Å². The summed E-state index contributed by atoms with van der Waals surface area (Å²) in [5.41, 5.74) is 0.603. The number of anilines is 1. The summed E-state index contributed by atoms with van der Waals surface area (Å²) < 4.78 is 34.0. The number of H-pyrrole nitrogens is 1. The monoisotopic (exact) mass is 537 g/mol. The number of fused-ring (bicyclic) bond motifs is 1. The Bertz CT molecular complexity index is 1580. The fraction of sp³-hybridized carbons (Fsp3) is 0.192. The number of para-hydroxylation sites is 1. The van der Waals surface area contributed by atoms with Crippen molar-refractivity contribution in [1.29, 1.82) is 0 Å². The highest BCUT2D eigenvalue weighted by Gasteiger charge is 2.25. The molecule has 12 heteroatoms. The van der Waals surface area contributed by atoms with Gasteiger partial charge in [0.15, 0.2) is 0 Å². The molecule has 0 aliphatic carbocycles. The van der Waals surface area contributed by atoms with Crippen molar-refractivity contribution in [2.75, 3.05) is 32.5 Å². The van der Waals surface area contributed by atoms with Gasteiger partial charge in [-0.2, -0.15) is 0 Å². The first-order chi connectivity index (χ1) is 18.2. The van der Waals surface area contributed by atoms with E-state index in [1.54, 1.807) is 36.5 Å². The number of amides is 1. The van der Waals surface area contributed by atoms with Crippen LogP contribution in [0.1, 0.15) is 16.8 Å². The SMILES string of the molecule is CN(C)CCCNc1ccc(S(=O)(=O)NC(=O)c2ccccc2Oc2cccc3[nH]ccc23)cc1[N+](=O)[O-]. The molecule has 3 aromatic carbocycles. The minimum atomic E-state index is -4.43. The van der Waals surface area contributed by atoms with Crippen molar-refractivity contribution in [1.82, 2.24) is 14.6 Å². The number of nitrogens with one attached hydrogen (secondary N) is 3. The van der Waals surface area contributed by atoms with E-state index in [4.69, 9.17) is 4.74 Å². The lowest BCUT2D eigenvalue weighted by Crippen LogP contribution is -2.31. The normalized spacial score (nSPS) is 11.4. The van der Waals surface area contributed by atoms with Gasteiger partial charge in [0.2, 0.25) is 0 Å². The van der Waals surface area contributed by atoms with Gasteiger partial charge in [0.05, 0.1) is 15.4 Å². The Morgan fingerprint density at radius 2 is 1.82 bits per heavy atom. The summed E-state index contributed by atoms with van der Waals surface area (Å²) >= 11 is 0. The maximum atomic E-state index is 13.0. The third-order valence-electron chi connectivity index (χ3n) is 5.71. The molecule has 38 heavy (non-hydrogen) atoms. The number of carbonyl (C=O) groups excluding carboxylic acids is 1. The van der Waals surface area contributed by atoms with E-state index < -0.39 is 31.4 Å². The van der Waals surface area contributed by atoms with Gasteiger partial charge in [0, 0.05) is 29.7 Å². The van der Waals surface area contributed by atoms with Crippen LogP contribution in [0.15, 0.2) is 77.8 Å². The summed E-state index contributed by atoms with van der Waals surface area (Å²) in [6, 6.07) is 16.9. The summed E-state index contributed by atoms with van der Waals surface area (Å²) in [6.45, 7) is 1.25. The second kappa shape index (κ2) is 11.3. The molecule has 0 bridgehead atoms. The van der Waals surface area contributed by atoms with Crippen LogP contribution in [0.4, 0.5) is 11.4 Å². The molecule has 1 aromatic heterocycles. The van der Waals surface area contributed by atoms with Gasteiger partial charge >= 0.3 is 0 Å². The van der Waals surface area contributed by atoms with Gasteiger partial charge in [0.1, 0.15) is 17.2 Å². The van der Waals surface area contributed by atoms with E-state index in [1.165, 1.54) is 18.2 Å². The summed E-state index contributed by atoms with van der Waals surface area (Å²) in [5.74, 6) is -0.302. The number of hydrogen-bond donors (Lipinski definition) is 3. The molecule has 0 aliphatic heterocycles. The van der Waals surface area contributed by atoms with Gasteiger partial charge in [-0.15, -0.1) is 0 Å². The van der Waals surface area contributed by atoms with Crippen LogP contribution >= 0.6 is 0 Å². The summed E-state index contributed by atoms with van der Waals surface area (Å²) in [7, 11) is -0.591. The average Bonchev–Trinajstić information content (AvgIpc) is 3.36. The van der Waals surface area contributed by atoms with Crippen molar-refractivity contribution >= 4 is 38.2 Å². The van der Waals surface area contributed by atoms with Crippen molar-refractivity contribution in [2.45, 2.75) is 11.3 Å². The van der Waals surface area contributed by atoms with Gasteiger partial charge in [-0.05, 0) is 69.5 Å². The summed E-state index contributed by atoms with van der Waals surface area (Å²) in [5, 5.41) is 15.4. The molecule has 11 nitrogen and oxygen atoms in total. The van der Waals surface area contributed by atoms with Crippen LogP contribution in [0.25, 0.3) is 10.9 Å². The zero-order chi connectivity index (χ0) is 27.3. The number of rotatable bonds is 11. The van der Waals surface area contributed by atoms with Gasteiger partial charge in [-0.3, -0.25) is 14.9 Å². The number of nitro groups is 1. The van der Waals surface area contributed by atoms with Gasteiger partial charge in [-0.25, -0.2) is 13.1 Å². The van der Waals surface area contributed by atoms with E-state index in [0.29, 0.717) is 12.3 Å². The first-order valence-electron chi connectivity index (χ1n) is 11.7. The molecule has 0 saturated heterocycles. The van der Waals surface area contributed by atoms with Crippen LogP contribution in [-0.2, 0) is 10.0 Å². The minimum Gasteiger partial charge on any atom is -0.456 e. The molecule has 198 valence electrons. The van der Waals surface area contributed by atoms with E-state index in [9.17, 15) is 23.3 Å². The maximum Gasteiger partial charge on any atom is 0.293 e. The fourth-order valence-corrected chi connectivity index (χ4v) is 4.83. The molecule has 4 rings (SSSR count). The van der Waals surface area contributed by atoms with Crippen molar-refractivity contribution in [3.8, 4) is 11.5 Å². The molecule has 0 unspecified atom stereocenters. The number of benzene rings is 3. The number of aromatic amines is 1. The molecule has 3 N–H and O–H groups in total. The Morgan fingerprint density at radius 1 is 1.05 bits per heavy atom. The van der Waals surface area contributed by atoms with Crippen LogP contribution in [0.2, 0.25) is 0 Å². The highest BCUT2D eigenvalue weighted by Crippen LogP contribution is 2.32. The lowest BCUT2D eigenvalue weighted by Gasteiger charge is -2.13. The van der Waals surface area contributed by atoms with E-state index in [-0.39, 0.29) is 17.0 Å². The van der Waals surface area contributed by atoms with Gasteiger partial charge in [0.25, 0.3) is 21.6 Å². The van der Waals surface area contributed by atoms with Gasteiger partial charge in [-0.1, -0.05) is 18.2 Å². The summed E-state index contributed by atoms with van der Waals surface area (Å²) in [6.07, 6.45) is 2.49. The lowest BCUT2D eigenvalue weighted by molar-refractivity contribution is -0.384. The first kappa shape index (κ1) is 26.6. The van der Waals surface area contributed by atoms with Crippen LogP contribution in [-0.4, -0.2) is 56.3 Å². The van der Waals surface area contributed by atoms with Gasteiger partial charge < -0.3 is 19.9 Å². The van der Waals surface area contributed by atoms with Crippen molar-refractivity contribution in [2.24, 2.45) is 0 Å². The van der Waals surface area contributed by atoms with E-state index in [2.05, 4.69) is 10.3 Å². The number of aromatic nitrogens is 1. The second-order valence-electron chi connectivity index (χ2n) is 8.75. The molecule has 0 radical (unpaired) electrons. The highest BCUT2D eigenvalue weighted by atomic mass is 32.2. The average molecular weight is 538 g/mol. The number of nitro benzene ring substituents is 1. The highest BCUT2D eigenvalue weighted by molar-refractivity contribution is 7.90. The van der Waals surface area contributed by atoms with Crippen molar-refractivity contribution in [3.05, 3.63) is 88.6 Å². The van der Waals surface area contributed by atoms with Crippen LogP contribution in [0.5, 0.6) is 11.5 Å². The molecule has 4 aromatic rings. The Labute approximate surface area is 219 Å². The second-order valence-corrected chi connectivity index (χ2v) is 10.4. The predicted octanol–water partition coefficient (Wildman–Crippen LogP) is 4.35.